The molecule has 0 heterocycles. The summed E-state index contributed by atoms with van der Waals surface area (Å²) >= 11 is 0. The minimum absolute atomic E-state index is 0.0470. The molecule has 2 heteroatoms. The summed E-state index contributed by atoms with van der Waals surface area (Å²) in [4.78, 5) is 10.7. The Morgan fingerprint density at radius 3 is 3.00 bits per heavy atom. The molecule has 1 aliphatic carbocycles. The highest BCUT2D eigenvalue weighted by Crippen LogP contribution is 2.26. The van der Waals surface area contributed by atoms with Gasteiger partial charge in [-0.15, -0.1) is 0 Å². The smallest absolute Gasteiger partial charge is 0.303 e. The van der Waals surface area contributed by atoms with E-state index in [4.69, 9.17) is 4.74 Å². The van der Waals surface area contributed by atoms with Crippen LogP contribution < -0.4 is 0 Å². The van der Waals surface area contributed by atoms with Crippen LogP contribution in [0, 0.1) is 5.92 Å². The van der Waals surface area contributed by atoms with E-state index in [9.17, 15) is 4.79 Å². The topological polar surface area (TPSA) is 26.3 Å². The number of ether oxygens (including phenoxy) is 1. The number of esters is 1. The monoisotopic (exact) mass is 180 g/mol. The average Bonchev–Trinajstić information content (AvgIpc) is 2.01. The van der Waals surface area contributed by atoms with Crippen LogP contribution in [0.1, 0.15) is 26.7 Å². The first kappa shape index (κ1) is 10.0. The summed E-state index contributed by atoms with van der Waals surface area (Å²) in [5.41, 5.74) is 1.19. The first-order valence-corrected chi connectivity index (χ1v) is 4.62. The Kier molecular flexibility index (Phi) is 3.29. The maximum absolute atomic E-state index is 10.7. The zero-order valence-electron chi connectivity index (χ0n) is 8.25. The van der Waals surface area contributed by atoms with Crippen LogP contribution in [0.25, 0.3) is 0 Å². The molecule has 0 aromatic rings. The fraction of sp³-hybridized carbons (Fsp3) is 0.545. The molecule has 1 rings (SSSR count). The minimum Gasteiger partial charge on any atom is -0.458 e. The van der Waals surface area contributed by atoms with Crippen LogP contribution in [0.4, 0.5) is 0 Å². The fourth-order valence-corrected chi connectivity index (χ4v) is 1.70. The van der Waals surface area contributed by atoms with Gasteiger partial charge in [-0.3, -0.25) is 4.79 Å². The van der Waals surface area contributed by atoms with Crippen LogP contribution in [0.3, 0.4) is 0 Å². The summed E-state index contributed by atoms with van der Waals surface area (Å²) in [5.74, 6) is 0.362. The van der Waals surface area contributed by atoms with E-state index in [1.165, 1.54) is 12.5 Å². The van der Waals surface area contributed by atoms with Crippen molar-refractivity contribution in [3.63, 3.8) is 0 Å². The molecule has 0 aliphatic heterocycles. The molecule has 0 fully saturated rings. The van der Waals surface area contributed by atoms with Gasteiger partial charge in [-0.1, -0.05) is 19.6 Å². The Morgan fingerprint density at radius 1 is 1.77 bits per heavy atom. The zero-order valence-corrected chi connectivity index (χ0v) is 8.25. The SMILES string of the molecule is C=CC1=C[C@H](OC(C)=O)C[C@H](C)C1. The highest BCUT2D eigenvalue weighted by Gasteiger charge is 2.19. The van der Waals surface area contributed by atoms with Crippen molar-refractivity contribution in [2.75, 3.05) is 0 Å². The predicted molar refractivity (Wildman–Crippen MR) is 52.2 cm³/mol. The molecule has 0 radical (unpaired) electrons. The molecular weight excluding hydrogens is 164 g/mol. The summed E-state index contributed by atoms with van der Waals surface area (Å²) in [6.07, 6.45) is 5.76. The van der Waals surface area contributed by atoms with Gasteiger partial charge < -0.3 is 4.74 Å². The highest BCUT2D eigenvalue weighted by molar-refractivity contribution is 5.66. The number of allylic oxidation sites excluding steroid dienone is 2. The summed E-state index contributed by atoms with van der Waals surface area (Å²) in [6, 6.07) is 0. The Labute approximate surface area is 79.3 Å². The van der Waals surface area contributed by atoms with E-state index in [1.807, 2.05) is 12.2 Å². The maximum atomic E-state index is 10.7. The van der Waals surface area contributed by atoms with Gasteiger partial charge >= 0.3 is 5.97 Å². The van der Waals surface area contributed by atoms with Crippen LogP contribution in [-0.2, 0) is 9.53 Å². The van der Waals surface area contributed by atoms with Gasteiger partial charge in [0.15, 0.2) is 0 Å². The van der Waals surface area contributed by atoms with Gasteiger partial charge in [0.1, 0.15) is 6.10 Å². The summed E-state index contributed by atoms with van der Waals surface area (Å²) < 4.78 is 5.13. The summed E-state index contributed by atoms with van der Waals surface area (Å²) in [5, 5.41) is 0. The molecule has 0 spiro atoms. The van der Waals surface area contributed by atoms with Crippen molar-refractivity contribution >= 4 is 5.97 Å². The van der Waals surface area contributed by atoms with E-state index < -0.39 is 0 Å². The average molecular weight is 180 g/mol. The third-order valence-corrected chi connectivity index (χ3v) is 2.20. The van der Waals surface area contributed by atoms with Gasteiger partial charge in [-0.25, -0.2) is 0 Å². The van der Waals surface area contributed by atoms with Crippen molar-refractivity contribution < 1.29 is 9.53 Å². The van der Waals surface area contributed by atoms with E-state index >= 15 is 0 Å². The number of hydrogen-bond acceptors (Lipinski definition) is 2. The Morgan fingerprint density at radius 2 is 2.46 bits per heavy atom. The molecule has 2 atom stereocenters. The minimum atomic E-state index is -0.209. The second-order valence-electron chi connectivity index (χ2n) is 3.64. The van der Waals surface area contributed by atoms with Gasteiger partial charge in [-0.2, -0.15) is 0 Å². The van der Waals surface area contributed by atoms with E-state index in [0.29, 0.717) is 5.92 Å². The Hall–Kier alpha value is -1.05. The molecule has 0 amide bonds. The molecule has 1 aliphatic rings. The third-order valence-electron chi connectivity index (χ3n) is 2.20. The number of carbonyl (C=O) groups is 1. The van der Waals surface area contributed by atoms with Gasteiger partial charge in [0.2, 0.25) is 0 Å². The largest absolute Gasteiger partial charge is 0.458 e. The lowest BCUT2D eigenvalue weighted by atomic mass is 9.88. The molecule has 0 aromatic heterocycles. The fourth-order valence-electron chi connectivity index (χ4n) is 1.70. The van der Waals surface area contributed by atoms with Crippen molar-refractivity contribution in [3.05, 3.63) is 24.3 Å². The van der Waals surface area contributed by atoms with Crippen molar-refractivity contribution in [1.29, 1.82) is 0 Å². The third kappa shape index (κ3) is 3.05. The van der Waals surface area contributed by atoms with E-state index in [1.54, 1.807) is 0 Å². The van der Waals surface area contributed by atoms with Gasteiger partial charge in [0.05, 0.1) is 0 Å². The second-order valence-corrected chi connectivity index (χ2v) is 3.64. The quantitative estimate of drug-likeness (QED) is 0.610. The first-order chi connectivity index (χ1) is 6.11. The molecular formula is C11H16O2. The van der Waals surface area contributed by atoms with Gasteiger partial charge in [0, 0.05) is 6.92 Å². The molecule has 0 N–H and O–H groups in total. The number of rotatable bonds is 2. The molecule has 0 saturated carbocycles. The number of carbonyl (C=O) groups excluding carboxylic acids is 1. The normalized spacial score (nSPS) is 27.7. The molecule has 0 unspecified atom stereocenters. The molecule has 0 bridgehead atoms. The van der Waals surface area contributed by atoms with Crippen molar-refractivity contribution in [2.24, 2.45) is 5.92 Å². The van der Waals surface area contributed by atoms with Crippen LogP contribution in [0.2, 0.25) is 0 Å². The van der Waals surface area contributed by atoms with Crippen molar-refractivity contribution in [3.8, 4) is 0 Å². The van der Waals surface area contributed by atoms with Gasteiger partial charge in [0.25, 0.3) is 0 Å². The molecule has 72 valence electrons. The molecule has 2 nitrogen and oxygen atoms in total. The maximum Gasteiger partial charge on any atom is 0.303 e. The van der Waals surface area contributed by atoms with Gasteiger partial charge in [-0.05, 0) is 30.4 Å². The summed E-state index contributed by atoms with van der Waals surface area (Å²) in [6.45, 7) is 7.33. The summed E-state index contributed by atoms with van der Waals surface area (Å²) in [7, 11) is 0. The van der Waals surface area contributed by atoms with Crippen LogP contribution in [0.15, 0.2) is 24.3 Å². The van der Waals surface area contributed by atoms with E-state index in [0.717, 1.165) is 12.8 Å². The lowest BCUT2D eigenvalue weighted by Gasteiger charge is -2.24. The standard InChI is InChI=1S/C11H16O2/c1-4-10-5-8(2)6-11(7-10)13-9(3)12/h4,7-8,11H,1,5-6H2,2-3H3/t8-,11-/m1/s1. The van der Waals surface area contributed by atoms with E-state index in [-0.39, 0.29) is 12.1 Å². The van der Waals surface area contributed by atoms with E-state index in [2.05, 4.69) is 13.5 Å². The lowest BCUT2D eigenvalue weighted by Crippen LogP contribution is -2.21. The lowest BCUT2D eigenvalue weighted by molar-refractivity contribution is -0.144. The first-order valence-electron chi connectivity index (χ1n) is 4.62. The zero-order chi connectivity index (χ0) is 9.84. The number of hydrogen-bond donors (Lipinski definition) is 0. The van der Waals surface area contributed by atoms with Crippen molar-refractivity contribution in [1.82, 2.24) is 0 Å². The highest BCUT2D eigenvalue weighted by atomic mass is 16.5. The Balaban J connectivity index is 2.64. The predicted octanol–water partition coefficient (Wildman–Crippen LogP) is 2.46. The van der Waals surface area contributed by atoms with Crippen LogP contribution in [-0.4, -0.2) is 12.1 Å². The van der Waals surface area contributed by atoms with Crippen LogP contribution in [0.5, 0.6) is 0 Å². The second kappa shape index (κ2) is 4.26. The van der Waals surface area contributed by atoms with Crippen LogP contribution >= 0.6 is 0 Å². The Bertz CT molecular complexity index is 240. The van der Waals surface area contributed by atoms with Crippen molar-refractivity contribution in [2.45, 2.75) is 32.8 Å². The molecule has 13 heavy (non-hydrogen) atoms. The molecule has 0 saturated heterocycles. The molecule has 0 aromatic carbocycles.